The Bertz CT molecular complexity index is 584. The standard InChI is InChI=1S/C14H13NO/c1-14(2)8-7-11-10-4-3-9-15-12(10)5-6-13(11)16-14/h3-9H,1-2H3. The van der Waals surface area contributed by atoms with Gasteiger partial charge in [0.2, 0.25) is 0 Å². The van der Waals surface area contributed by atoms with E-state index < -0.39 is 0 Å². The van der Waals surface area contributed by atoms with Crippen molar-refractivity contribution in [3.8, 4) is 5.75 Å². The second-order valence-corrected chi connectivity index (χ2v) is 4.59. The zero-order chi connectivity index (χ0) is 11.2. The molecule has 1 aliphatic heterocycles. The van der Waals surface area contributed by atoms with E-state index >= 15 is 0 Å². The molecule has 2 aromatic rings. The summed E-state index contributed by atoms with van der Waals surface area (Å²) in [6.45, 7) is 4.11. The lowest BCUT2D eigenvalue weighted by atomic mass is 9.99. The lowest BCUT2D eigenvalue weighted by Gasteiger charge is -2.28. The molecule has 0 fully saturated rings. The van der Waals surface area contributed by atoms with Gasteiger partial charge >= 0.3 is 0 Å². The Hall–Kier alpha value is -1.83. The highest BCUT2D eigenvalue weighted by molar-refractivity contribution is 5.91. The van der Waals surface area contributed by atoms with E-state index in [0.717, 1.165) is 22.2 Å². The molecule has 0 saturated heterocycles. The van der Waals surface area contributed by atoms with Crippen LogP contribution in [0, 0.1) is 0 Å². The molecule has 16 heavy (non-hydrogen) atoms. The Kier molecular flexibility index (Phi) is 1.81. The molecule has 3 rings (SSSR count). The van der Waals surface area contributed by atoms with Gasteiger partial charge in [0.05, 0.1) is 5.52 Å². The van der Waals surface area contributed by atoms with Gasteiger partial charge in [-0.1, -0.05) is 12.1 Å². The zero-order valence-electron chi connectivity index (χ0n) is 9.40. The van der Waals surface area contributed by atoms with E-state index in [1.807, 2.05) is 24.4 Å². The molecule has 0 saturated carbocycles. The predicted molar refractivity (Wildman–Crippen MR) is 65.5 cm³/mol. The highest BCUT2D eigenvalue weighted by atomic mass is 16.5. The van der Waals surface area contributed by atoms with Crippen LogP contribution in [-0.4, -0.2) is 10.6 Å². The Labute approximate surface area is 94.6 Å². The fourth-order valence-corrected chi connectivity index (χ4v) is 2.02. The molecule has 0 bridgehead atoms. The van der Waals surface area contributed by atoms with Gasteiger partial charge in [-0.3, -0.25) is 4.98 Å². The second-order valence-electron chi connectivity index (χ2n) is 4.59. The van der Waals surface area contributed by atoms with Crippen LogP contribution in [0.1, 0.15) is 19.4 Å². The van der Waals surface area contributed by atoms with Gasteiger partial charge in [0.1, 0.15) is 11.4 Å². The lowest BCUT2D eigenvalue weighted by molar-refractivity contribution is 0.159. The molecular weight excluding hydrogens is 198 g/mol. The maximum Gasteiger partial charge on any atom is 0.128 e. The van der Waals surface area contributed by atoms with Gasteiger partial charge in [-0.15, -0.1) is 0 Å². The predicted octanol–water partition coefficient (Wildman–Crippen LogP) is 3.42. The molecular formula is C14H13NO. The van der Waals surface area contributed by atoms with Crippen molar-refractivity contribution in [1.29, 1.82) is 0 Å². The highest BCUT2D eigenvalue weighted by Gasteiger charge is 2.22. The van der Waals surface area contributed by atoms with Gasteiger partial charge in [-0.05, 0) is 38.1 Å². The summed E-state index contributed by atoms with van der Waals surface area (Å²) >= 11 is 0. The van der Waals surface area contributed by atoms with Gasteiger partial charge in [0, 0.05) is 17.1 Å². The number of ether oxygens (including phenoxy) is 1. The van der Waals surface area contributed by atoms with Gasteiger partial charge in [-0.2, -0.15) is 0 Å². The Morgan fingerprint density at radius 3 is 2.94 bits per heavy atom. The molecule has 2 nitrogen and oxygen atoms in total. The summed E-state index contributed by atoms with van der Waals surface area (Å²) in [5.41, 5.74) is 1.92. The number of rotatable bonds is 0. The number of benzene rings is 1. The van der Waals surface area contributed by atoms with E-state index in [-0.39, 0.29) is 5.60 Å². The van der Waals surface area contributed by atoms with E-state index in [4.69, 9.17) is 4.74 Å². The molecule has 0 unspecified atom stereocenters. The minimum atomic E-state index is -0.219. The maximum absolute atomic E-state index is 5.91. The first-order valence-corrected chi connectivity index (χ1v) is 5.42. The van der Waals surface area contributed by atoms with Gasteiger partial charge in [-0.25, -0.2) is 0 Å². The molecule has 1 aromatic carbocycles. The molecule has 0 radical (unpaired) electrons. The Morgan fingerprint density at radius 1 is 1.19 bits per heavy atom. The lowest BCUT2D eigenvalue weighted by Crippen LogP contribution is -2.27. The van der Waals surface area contributed by atoms with Crippen LogP contribution in [0.25, 0.3) is 17.0 Å². The van der Waals surface area contributed by atoms with Crippen molar-refractivity contribution in [2.45, 2.75) is 19.4 Å². The van der Waals surface area contributed by atoms with Crippen molar-refractivity contribution in [2.75, 3.05) is 0 Å². The van der Waals surface area contributed by atoms with Crippen molar-refractivity contribution in [1.82, 2.24) is 4.98 Å². The highest BCUT2D eigenvalue weighted by Crippen LogP contribution is 2.35. The fraction of sp³-hybridized carbons (Fsp3) is 0.214. The monoisotopic (exact) mass is 211 g/mol. The van der Waals surface area contributed by atoms with Gasteiger partial charge in [0.15, 0.2) is 0 Å². The first-order valence-electron chi connectivity index (χ1n) is 5.42. The van der Waals surface area contributed by atoms with Crippen molar-refractivity contribution < 1.29 is 4.74 Å². The van der Waals surface area contributed by atoms with Crippen LogP contribution in [0.2, 0.25) is 0 Å². The van der Waals surface area contributed by atoms with Crippen molar-refractivity contribution in [2.24, 2.45) is 0 Å². The molecule has 80 valence electrons. The summed E-state index contributed by atoms with van der Waals surface area (Å²) in [5, 5.41) is 1.15. The second kappa shape index (κ2) is 3.08. The summed E-state index contributed by atoms with van der Waals surface area (Å²) < 4.78 is 5.91. The molecule has 0 aliphatic carbocycles. The van der Waals surface area contributed by atoms with Crippen LogP contribution < -0.4 is 4.74 Å². The SMILES string of the molecule is CC1(C)C=Cc2c(ccc3ncccc23)O1. The van der Waals surface area contributed by atoms with Crippen LogP contribution in [0.5, 0.6) is 5.75 Å². The number of aromatic nitrogens is 1. The van der Waals surface area contributed by atoms with E-state index in [1.165, 1.54) is 0 Å². The summed E-state index contributed by atoms with van der Waals surface area (Å²) in [5.74, 6) is 0.938. The zero-order valence-corrected chi connectivity index (χ0v) is 9.40. The smallest absolute Gasteiger partial charge is 0.128 e. The first kappa shape index (κ1) is 9.40. The molecule has 0 amide bonds. The summed E-state index contributed by atoms with van der Waals surface area (Å²) in [7, 11) is 0. The third-order valence-electron chi connectivity index (χ3n) is 2.81. The quantitative estimate of drug-likeness (QED) is 0.666. The van der Waals surface area contributed by atoms with Crippen LogP contribution in [-0.2, 0) is 0 Å². The molecule has 1 aliphatic rings. The topological polar surface area (TPSA) is 22.1 Å². The van der Waals surface area contributed by atoms with Crippen molar-refractivity contribution in [3.05, 3.63) is 42.1 Å². The van der Waals surface area contributed by atoms with Crippen LogP contribution >= 0.6 is 0 Å². The maximum atomic E-state index is 5.91. The van der Waals surface area contributed by atoms with Crippen molar-refractivity contribution in [3.63, 3.8) is 0 Å². The minimum Gasteiger partial charge on any atom is -0.483 e. The third kappa shape index (κ3) is 1.38. The van der Waals surface area contributed by atoms with E-state index in [9.17, 15) is 0 Å². The first-order chi connectivity index (χ1) is 7.66. The van der Waals surface area contributed by atoms with Crippen LogP contribution in [0.4, 0.5) is 0 Å². The van der Waals surface area contributed by atoms with Gasteiger partial charge < -0.3 is 4.74 Å². The fourth-order valence-electron chi connectivity index (χ4n) is 2.02. The number of nitrogens with zero attached hydrogens (tertiary/aromatic N) is 1. The summed E-state index contributed by atoms with van der Waals surface area (Å²) in [6.07, 6.45) is 6.02. The van der Waals surface area contributed by atoms with Gasteiger partial charge in [0.25, 0.3) is 0 Å². The molecule has 0 N–H and O–H groups in total. The number of hydrogen-bond donors (Lipinski definition) is 0. The van der Waals surface area contributed by atoms with E-state index in [2.05, 4.69) is 37.0 Å². The average molecular weight is 211 g/mol. The Balaban J connectivity index is 2.29. The number of hydrogen-bond acceptors (Lipinski definition) is 2. The van der Waals surface area contributed by atoms with E-state index in [0.29, 0.717) is 0 Å². The number of fused-ring (bicyclic) bond motifs is 3. The van der Waals surface area contributed by atoms with E-state index in [1.54, 1.807) is 0 Å². The Morgan fingerprint density at radius 2 is 2.06 bits per heavy atom. The largest absolute Gasteiger partial charge is 0.483 e. The molecule has 1 aromatic heterocycles. The third-order valence-corrected chi connectivity index (χ3v) is 2.81. The molecule has 2 heterocycles. The summed E-state index contributed by atoms with van der Waals surface area (Å²) in [6, 6.07) is 8.03. The minimum absolute atomic E-state index is 0.219. The summed E-state index contributed by atoms with van der Waals surface area (Å²) in [4.78, 5) is 4.34. The average Bonchev–Trinajstić information content (AvgIpc) is 2.27. The molecule has 2 heteroatoms. The van der Waals surface area contributed by atoms with Crippen LogP contribution in [0.3, 0.4) is 0 Å². The molecule has 0 atom stereocenters. The van der Waals surface area contributed by atoms with Crippen molar-refractivity contribution >= 4 is 17.0 Å². The normalized spacial score (nSPS) is 16.9. The van der Waals surface area contributed by atoms with Crippen LogP contribution in [0.15, 0.2) is 36.5 Å². The number of pyridine rings is 1. The molecule has 0 spiro atoms.